The molecule has 1 unspecified atom stereocenters. The van der Waals surface area contributed by atoms with Crippen molar-refractivity contribution >= 4 is 29.7 Å². The summed E-state index contributed by atoms with van der Waals surface area (Å²) in [6, 6.07) is -0.520. The standard InChI is InChI=1S/C13H23N3O4S/c1-10(9-12(18)19)8-11(17)15-13(20)14-2-3-16-4-6-21-7-5-16/h10H,2-9H2,1H3,(H,18,19)(H2,14,15,17,20). The number of thioether (sulfide) groups is 1. The monoisotopic (exact) mass is 317 g/mol. The second-order valence-corrected chi connectivity index (χ2v) is 6.39. The fraction of sp³-hybridized carbons (Fsp3) is 0.769. The average Bonchev–Trinajstić information content (AvgIpc) is 2.38. The number of carboxylic acid groups (broad SMARTS) is 1. The summed E-state index contributed by atoms with van der Waals surface area (Å²) < 4.78 is 0. The van der Waals surface area contributed by atoms with Gasteiger partial charge in [-0.05, 0) is 5.92 Å². The van der Waals surface area contributed by atoms with Crippen LogP contribution in [0.3, 0.4) is 0 Å². The number of hydrogen-bond acceptors (Lipinski definition) is 5. The molecule has 1 aliphatic rings. The summed E-state index contributed by atoms with van der Waals surface area (Å²) in [5.74, 6) is 0.550. The Morgan fingerprint density at radius 2 is 1.90 bits per heavy atom. The van der Waals surface area contributed by atoms with Gasteiger partial charge in [0.15, 0.2) is 0 Å². The van der Waals surface area contributed by atoms with Crippen LogP contribution in [-0.2, 0) is 9.59 Å². The molecule has 0 aromatic heterocycles. The number of imide groups is 1. The molecule has 1 saturated heterocycles. The smallest absolute Gasteiger partial charge is 0.321 e. The Hall–Kier alpha value is -1.28. The normalized spacial score (nSPS) is 17.0. The molecule has 0 spiro atoms. The predicted molar refractivity (Wildman–Crippen MR) is 81.3 cm³/mol. The van der Waals surface area contributed by atoms with Gasteiger partial charge in [-0.2, -0.15) is 11.8 Å². The van der Waals surface area contributed by atoms with Gasteiger partial charge in [0, 0.05) is 50.5 Å². The van der Waals surface area contributed by atoms with Crippen molar-refractivity contribution < 1.29 is 19.5 Å². The van der Waals surface area contributed by atoms with Gasteiger partial charge in [-0.1, -0.05) is 6.92 Å². The molecule has 0 radical (unpaired) electrons. The SMILES string of the molecule is CC(CC(=O)O)CC(=O)NC(=O)NCCN1CCSCC1. The first-order valence-corrected chi connectivity index (χ1v) is 8.22. The van der Waals surface area contributed by atoms with Crippen LogP contribution in [0.2, 0.25) is 0 Å². The minimum absolute atomic E-state index is 0.0308. The lowest BCUT2D eigenvalue weighted by Crippen LogP contribution is -2.44. The lowest BCUT2D eigenvalue weighted by Gasteiger charge is -2.25. The van der Waals surface area contributed by atoms with E-state index >= 15 is 0 Å². The molecule has 7 nitrogen and oxygen atoms in total. The molecule has 0 bridgehead atoms. The molecule has 21 heavy (non-hydrogen) atoms. The largest absolute Gasteiger partial charge is 0.481 e. The number of carboxylic acids is 1. The lowest BCUT2D eigenvalue weighted by molar-refractivity contribution is -0.138. The van der Waals surface area contributed by atoms with Crippen LogP contribution < -0.4 is 10.6 Å². The highest BCUT2D eigenvalue weighted by Gasteiger charge is 2.15. The van der Waals surface area contributed by atoms with Gasteiger partial charge < -0.3 is 10.4 Å². The zero-order valence-electron chi connectivity index (χ0n) is 12.3. The highest BCUT2D eigenvalue weighted by molar-refractivity contribution is 7.99. The zero-order chi connectivity index (χ0) is 15.7. The van der Waals surface area contributed by atoms with Crippen LogP contribution in [0.15, 0.2) is 0 Å². The molecule has 0 aromatic carbocycles. The number of nitrogens with zero attached hydrogens (tertiary/aromatic N) is 1. The molecule has 3 amide bonds. The Balaban J connectivity index is 2.11. The molecule has 1 atom stereocenters. The van der Waals surface area contributed by atoms with E-state index in [0.29, 0.717) is 6.54 Å². The maximum absolute atomic E-state index is 11.5. The van der Waals surface area contributed by atoms with Crippen molar-refractivity contribution in [2.45, 2.75) is 19.8 Å². The maximum atomic E-state index is 11.5. The third-order valence-corrected chi connectivity index (χ3v) is 4.07. The number of carbonyl (C=O) groups excluding carboxylic acids is 2. The minimum Gasteiger partial charge on any atom is -0.481 e. The van der Waals surface area contributed by atoms with Crippen LogP contribution in [0, 0.1) is 5.92 Å². The van der Waals surface area contributed by atoms with Crippen LogP contribution in [0.25, 0.3) is 0 Å². The van der Waals surface area contributed by atoms with Gasteiger partial charge in [0.05, 0.1) is 0 Å². The first kappa shape index (κ1) is 17.8. The van der Waals surface area contributed by atoms with Crippen LogP contribution >= 0.6 is 11.8 Å². The van der Waals surface area contributed by atoms with Crippen molar-refractivity contribution in [3.05, 3.63) is 0 Å². The Morgan fingerprint density at radius 1 is 1.24 bits per heavy atom. The fourth-order valence-corrected chi connectivity index (χ4v) is 3.04. The van der Waals surface area contributed by atoms with E-state index in [4.69, 9.17) is 5.11 Å². The zero-order valence-corrected chi connectivity index (χ0v) is 13.1. The number of nitrogens with one attached hydrogen (secondary N) is 2. The van der Waals surface area contributed by atoms with Gasteiger partial charge in [-0.15, -0.1) is 0 Å². The van der Waals surface area contributed by atoms with Gasteiger partial charge in [0.1, 0.15) is 0 Å². The minimum atomic E-state index is -0.945. The van der Waals surface area contributed by atoms with Crippen LogP contribution in [0.4, 0.5) is 4.79 Å². The number of amides is 3. The molecule has 120 valence electrons. The summed E-state index contributed by atoms with van der Waals surface area (Å²) in [6.07, 6.45) is -0.0505. The second-order valence-electron chi connectivity index (χ2n) is 5.17. The van der Waals surface area contributed by atoms with E-state index in [0.717, 1.165) is 31.1 Å². The maximum Gasteiger partial charge on any atom is 0.321 e. The Morgan fingerprint density at radius 3 is 2.52 bits per heavy atom. The van der Waals surface area contributed by atoms with Crippen LogP contribution in [0.5, 0.6) is 0 Å². The molecule has 1 rings (SSSR count). The molecular formula is C13H23N3O4S. The van der Waals surface area contributed by atoms with Gasteiger partial charge in [-0.25, -0.2) is 4.79 Å². The Kier molecular flexibility index (Phi) is 8.14. The molecule has 0 saturated carbocycles. The van der Waals surface area contributed by atoms with E-state index in [-0.39, 0.29) is 18.8 Å². The average molecular weight is 317 g/mol. The second kappa shape index (κ2) is 9.62. The Labute approximate surface area is 128 Å². The van der Waals surface area contributed by atoms with E-state index in [1.807, 2.05) is 11.8 Å². The summed E-state index contributed by atoms with van der Waals surface area (Å²) in [7, 11) is 0. The molecule has 1 heterocycles. The molecule has 0 aromatic rings. The number of rotatable bonds is 7. The van der Waals surface area contributed by atoms with Crippen molar-refractivity contribution in [2.75, 3.05) is 37.7 Å². The van der Waals surface area contributed by atoms with Crippen LogP contribution in [-0.4, -0.2) is 65.6 Å². The van der Waals surface area contributed by atoms with Gasteiger partial charge in [0.25, 0.3) is 0 Å². The quantitative estimate of drug-likeness (QED) is 0.627. The molecule has 1 aliphatic heterocycles. The number of aliphatic carboxylic acids is 1. The van der Waals surface area contributed by atoms with E-state index in [1.54, 1.807) is 6.92 Å². The van der Waals surface area contributed by atoms with Gasteiger partial charge >= 0.3 is 12.0 Å². The van der Waals surface area contributed by atoms with E-state index in [2.05, 4.69) is 15.5 Å². The number of hydrogen-bond donors (Lipinski definition) is 3. The van der Waals surface area contributed by atoms with Crippen molar-refractivity contribution in [3.63, 3.8) is 0 Å². The van der Waals surface area contributed by atoms with Crippen molar-refractivity contribution in [1.29, 1.82) is 0 Å². The topological polar surface area (TPSA) is 98.7 Å². The summed E-state index contributed by atoms with van der Waals surface area (Å²) >= 11 is 1.93. The highest BCUT2D eigenvalue weighted by atomic mass is 32.2. The van der Waals surface area contributed by atoms with Crippen molar-refractivity contribution in [2.24, 2.45) is 5.92 Å². The molecule has 8 heteroatoms. The predicted octanol–water partition coefficient (Wildman–Crippen LogP) is 0.362. The van der Waals surface area contributed by atoms with Gasteiger partial charge in [-0.3, -0.25) is 19.8 Å². The van der Waals surface area contributed by atoms with Crippen molar-refractivity contribution in [3.8, 4) is 0 Å². The third-order valence-electron chi connectivity index (χ3n) is 3.13. The number of carbonyl (C=O) groups is 3. The number of urea groups is 1. The Bertz CT molecular complexity index is 372. The van der Waals surface area contributed by atoms with E-state index < -0.39 is 17.9 Å². The summed E-state index contributed by atoms with van der Waals surface area (Å²) in [5, 5.41) is 13.5. The van der Waals surface area contributed by atoms with Crippen LogP contribution in [0.1, 0.15) is 19.8 Å². The van der Waals surface area contributed by atoms with E-state index in [1.165, 1.54) is 0 Å². The summed E-state index contributed by atoms with van der Waals surface area (Å²) in [5.41, 5.74) is 0. The van der Waals surface area contributed by atoms with E-state index in [9.17, 15) is 14.4 Å². The molecule has 1 fully saturated rings. The lowest BCUT2D eigenvalue weighted by atomic mass is 10.0. The first-order valence-electron chi connectivity index (χ1n) is 7.07. The molecule has 3 N–H and O–H groups in total. The summed E-state index contributed by atoms with van der Waals surface area (Å²) in [4.78, 5) is 35.8. The molecule has 0 aliphatic carbocycles. The van der Waals surface area contributed by atoms with Crippen molar-refractivity contribution in [1.82, 2.24) is 15.5 Å². The highest BCUT2D eigenvalue weighted by Crippen LogP contribution is 2.08. The third kappa shape index (κ3) is 8.56. The first-order chi connectivity index (χ1) is 9.97. The summed E-state index contributed by atoms with van der Waals surface area (Å²) in [6.45, 7) is 4.99. The van der Waals surface area contributed by atoms with Gasteiger partial charge in [0.2, 0.25) is 5.91 Å². The fourth-order valence-electron chi connectivity index (χ4n) is 2.06. The molecular weight excluding hydrogens is 294 g/mol.